The van der Waals surface area contributed by atoms with E-state index in [9.17, 15) is 19.6 Å². The Bertz CT molecular complexity index is 982. The molecule has 1 aliphatic heterocycles. The predicted octanol–water partition coefficient (Wildman–Crippen LogP) is -1.23. The molecule has 2 aromatic carbocycles. The molecule has 1 aliphatic rings. The van der Waals surface area contributed by atoms with E-state index in [1.807, 2.05) is 6.07 Å². The van der Waals surface area contributed by atoms with E-state index in [0.717, 1.165) is 5.56 Å². The van der Waals surface area contributed by atoms with Crippen LogP contribution in [0.1, 0.15) is 12.5 Å². The first-order chi connectivity index (χ1) is 15.8. The molecule has 184 valence electrons. The predicted molar refractivity (Wildman–Crippen MR) is 125 cm³/mol. The minimum atomic E-state index is -1.07. The van der Waals surface area contributed by atoms with Gasteiger partial charge in [0.05, 0.1) is 25.4 Å². The van der Waals surface area contributed by atoms with Crippen LogP contribution >= 0.6 is 0 Å². The maximum Gasteiger partial charge on any atom is 1.00 e. The van der Waals surface area contributed by atoms with Gasteiger partial charge in [-0.3, -0.25) is 11.6 Å². The largest absolute Gasteiger partial charge is 1.00 e. The van der Waals surface area contributed by atoms with E-state index in [1.165, 1.54) is 6.07 Å². The van der Waals surface area contributed by atoms with E-state index in [2.05, 4.69) is 23.5 Å². The van der Waals surface area contributed by atoms with Crippen LogP contribution in [0.2, 0.25) is 0 Å². The van der Waals surface area contributed by atoms with Crippen LogP contribution in [0.15, 0.2) is 36.4 Å². The molecule has 1 fully saturated rings. The van der Waals surface area contributed by atoms with Crippen LogP contribution in [0.4, 0.5) is 4.39 Å². The van der Waals surface area contributed by atoms with Crippen LogP contribution in [0.5, 0.6) is 5.75 Å². The summed E-state index contributed by atoms with van der Waals surface area (Å²) in [6, 6.07) is 14.0. The first-order valence-corrected chi connectivity index (χ1v) is 10.1. The van der Waals surface area contributed by atoms with Crippen molar-refractivity contribution in [2.75, 3.05) is 26.8 Å². The van der Waals surface area contributed by atoms with Gasteiger partial charge in [0.1, 0.15) is 18.0 Å². The second-order valence-electron chi connectivity index (χ2n) is 7.77. The molecule has 1 heterocycles. The number of nitrogens with one attached hydrogen (secondary N) is 2. The first kappa shape index (κ1) is 33.3. The number of ether oxygens (including phenoxy) is 2. The van der Waals surface area contributed by atoms with Gasteiger partial charge in [0.2, 0.25) is 0 Å². The molecule has 1 saturated heterocycles. The standard InChI is InChI=1S/C23H25FN3O4.CHO.CH3.K/c1-23(29)13-26-12-21(31-14-23)22(28)27-18(11-25)9-17-4-3-16(10-20(17)24)15-5-7-19(30-2)8-6-15;1-2;;/h3-7,10,18,21,26,29H,9,12-14H2,1-2H3,(H,27,28);1H;1H3;/q3*-1;+1. The van der Waals surface area contributed by atoms with Crippen molar-refractivity contribution in [1.29, 1.82) is 5.26 Å². The van der Waals surface area contributed by atoms with Gasteiger partial charge < -0.3 is 37.4 Å². The van der Waals surface area contributed by atoms with Crippen LogP contribution in [-0.4, -0.2) is 62.4 Å². The average Bonchev–Trinajstić information content (AvgIpc) is 3.01. The zero-order chi connectivity index (χ0) is 24.4. The van der Waals surface area contributed by atoms with Gasteiger partial charge in [-0.15, -0.1) is 17.7 Å². The van der Waals surface area contributed by atoms with E-state index in [0.29, 0.717) is 23.4 Å². The van der Waals surface area contributed by atoms with Crippen LogP contribution in [0, 0.1) is 30.6 Å². The molecule has 3 unspecified atom stereocenters. The normalized spacial score (nSPS) is 19.7. The third-order valence-electron chi connectivity index (χ3n) is 5.01. The average molecular weight is 510 g/mol. The fraction of sp³-hybridized carbons (Fsp3) is 0.360. The maximum atomic E-state index is 14.7. The van der Waals surface area contributed by atoms with Crippen LogP contribution in [0.25, 0.3) is 11.1 Å². The molecule has 0 saturated carbocycles. The zero-order valence-corrected chi connectivity index (χ0v) is 23.6. The number of carbonyl (C=O) groups is 1. The van der Waals surface area contributed by atoms with Gasteiger partial charge in [0, 0.05) is 25.3 Å². The summed E-state index contributed by atoms with van der Waals surface area (Å²) in [7, 11) is 1.55. The maximum absolute atomic E-state index is 14.7. The molecule has 1 amide bonds. The Morgan fingerprint density at radius 2 is 2.11 bits per heavy atom. The molecule has 10 heteroatoms. The smallest absolute Gasteiger partial charge is 0.545 e. The molecule has 0 bridgehead atoms. The van der Waals surface area contributed by atoms with Gasteiger partial charge in [0.25, 0.3) is 5.91 Å². The van der Waals surface area contributed by atoms with Crippen molar-refractivity contribution in [3.05, 3.63) is 61.3 Å². The van der Waals surface area contributed by atoms with Crippen molar-refractivity contribution in [2.45, 2.75) is 31.1 Å². The van der Waals surface area contributed by atoms with Gasteiger partial charge in [-0.1, -0.05) is 17.7 Å². The number of methoxy groups -OCH3 is 1. The quantitative estimate of drug-likeness (QED) is 0.253. The minimum Gasteiger partial charge on any atom is -0.545 e. The monoisotopic (exact) mass is 509 g/mol. The number of hydrogen-bond acceptors (Lipinski definition) is 7. The Balaban J connectivity index is 0.00000282. The van der Waals surface area contributed by atoms with Gasteiger partial charge in [-0.05, 0) is 18.6 Å². The van der Waals surface area contributed by atoms with Gasteiger partial charge in [-0.2, -0.15) is 17.4 Å². The number of carbonyl (C=O) groups excluding carboxylic acids is 2. The number of hydrogen-bond donors (Lipinski definition) is 3. The summed E-state index contributed by atoms with van der Waals surface area (Å²) in [6.45, 7) is 5.35. The summed E-state index contributed by atoms with van der Waals surface area (Å²) in [5.74, 6) is -0.362. The molecule has 0 radical (unpaired) electrons. The molecule has 2 aromatic rings. The molecule has 3 rings (SSSR count). The Hall–Kier alpha value is -1.68. The molecular formula is C25H29FKN3O5-2. The molecule has 0 spiro atoms. The summed E-state index contributed by atoms with van der Waals surface area (Å²) in [4.78, 5) is 20.2. The SMILES string of the molecule is COc1[c-]cc(-c2ccc(CC(C#N)NC(=O)C3CNCC(C)(O)CO3)c(F)c2)cc1.[CH-]=O.[CH3-].[K+]. The first-order valence-electron chi connectivity index (χ1n) is 10.1. The van der Waals surface area contributed by atoms with Crippen molar-refractivity contribution < 1.29 is 79.9 Å². The summed E-state index contributed by atoms with van der Waals surface area (Å²) in [5, 5.41) is 25.0. The second kappa shape index (κ2) is 16.1. The molecule has 8 nitrogen and oxygen atoms in total. The van der Waals surface area contributed by atoms with E-state index in [4.69, 9.17) is 14.3 Å². The number of amides is 1. The fourth-order valence-corrected chi connectivity index (χ4v) is 3.25. The van der Waals surface area contributed by atoms with Crippen molar-refractivity contribution in [2.24, 2.45) is 0 Å². The molecule has 35 heavy (non-hydrogen) atoms. The molecule has 3 atom stereocenters. The Labute approximate surface area is 248 Å². The molecular weight excluding hydrogens is 480 g/mol. The number of β-amino-alcohol motifs (C(OH)–C–C–N with tert-alkyl or cyclic N) is 1. The van der Waals surface area contributed by atoms with Gasteiger partial charge >= 0.3 is 51.4 Å². The Morgan fingerprint density at radius 1 is 1.43 bits per heavy atom. The van der Waals surface area contributed by atoms with Crippen LogP contribution in [-0.2, 0) is 20.7 Å². The Morgan fingerprint density at radius 3 is 2.69 bits per heavy atom. The van der Waals surface area contributed by atoms with E-state index in [1.54, 1.807) is 44.4 Å². The number of aliphatic hydroxyl groups is 1. The van der Waals surface area contributed by atoms with Crippen molar-refractivity contribution in [1.82, 2.24) is 10.6 Å². The molecule has 0 aliphatic carbocycles. The van der Waals surface area contributed by atoms with E-state index < -0.39 is 29.5 Å². The Kier molecular flexibility index (Phi) is 15.4. The van der Waals surface area contributed by atoms with Gasteiger partial charge in [-0.25, -0.2) is 4.39 Å². The topological polar surface area (TPSA) is 121 Å². The summed E-state index contributed by atoms with van der Waals surface area (Å²) in [5.41, 5.74) is 0.694. The number of halogens is 1. The minimum absolute atomic E-state index is 0. The number of rotatable bonds is 6. The summed E-state index contributed by atoms with van der Waals surface area (Å²) >= 11 is 0. The third kappa shape index (κ3) is 10.1. The zero-order valence-electron chi connectivity index (χ0n) is 20.4. The number of benzene rings is 2. The molecule has 0 aromatic heterocycles. The summed E-state index contributed by atoms with van der Waals surface area (Å²) in [6.07, 6.45) is -0.829. The van der Waals surface area contributed by atoms with Crippen LogP contribution in [0.3, 0.4) is 0 Å². The van der Waals surface area contributed by atoms with Crippen molar-refractivity contribution in [3.8, 4) is 22.9 Å². The van der Waals surface area contributed by atoms with E-state index in [-0.39, 0.29) is 78.4 Å². The van der Waals surface area contributed by atoms with Crippen molar-refractivity contribution in [3.63, 3.8) is 0 Å². The fourth-order valence-electron chi connectivity index (χ4n) is 3.25. The van der Waals surface area contributed by atoms with Gasteiger partial charge in [0.15, 0.2) is 0 Å². The third-order valence-corrected chi connectivity index (χ3v) is 5.01. The van der Waals surface area contributed by atoms with Crippen LogP contribution < -0.4 is 66.8 Å². The number of nitriles is 1. The second-order valence-corrected chi connectivity index (χ2v) is 7.77. The number of nitrogens with zero attached hydrogens (tertiary/aromatic N) is 1. The van der Waals surface area contributed by atoms with Crippen molar-refractivity contribution >= 4 is 12.7 Å². The summed E-state index contributed by atoms with van der Waals surface area (Å²) < 4.78 is 25.2. The molecule has 3 N–H and O–H groups in total. The van der Waals surface area contributed by atoms with E-state index >= 15 is 0 Å².